The van der Waals surface area contributed by atoms with Crippen molar-refractivity contribution >= 4 is 34.6 Å². The fourth-order valence-corrected chi connectivity index (χ4v) is 2.97. The van der Waals surface area contributed by atoms with Crippen molar-refractivity contribution in [2.24, 2.45) is 0 Å². The summed E-state index contributed by atoms with van der Waals surface area (Å²) in [5, 5.41) is 12.2. The second-order valence-corrected chi connectivity index (χ2v) is 6.57. The number of nitrogens with zero attached hydrogens (tertiary/aromatic N) is 2. The second kappa shape index (κ2) is 7.72. The van der Waals surface area contributed by atoms with E-state index in [1.165, 1.54) is 0 Å². The first-order valence-electron chi connectivity index (χ1n) is 7.88. The fraction of sp³-hybridized carbons (Fsp3) is 0.222. The number of thiocarbonyl (C=S) groups is 1. The molecule has 0 saturated carbocycles. The largest absolute Gasteiger partial charge is 0.467 e. The summed E-state index contributed by atoms with van der Waals surface area (Å²) in [5.74, 6) is 0.828. The molecule has 25 heavy (non-hydrogen) atoms. The van der Waals surface area contributed by atoms with E-state index in [0.717, 1.165) is 33.4 Å². The summed E-state index contributed by atoms with van der Waals surface area (Å²) in [6, 6.07) is 11.5. The number of rotatable bonds is 5. The third kappa shape index (κ3) is 4.41. The Kier molecular flexibility index (Phi) is 5.40. The van der Waals surface area contributed by atoms with Crippen molar-refractivity contribution in [2.45, 2.75) is 26.9 Å². The Labute approximate surface area is 157 Å². The molecular formula is C18H19ClN4OS. The molecule has 0 aliphatic carbocycles. The molecule has 2 heterocycles. The molecule has 5 nitrogen and oxygen atoms in total. The van der Waals surface area contributed by atoms with Gasteiger partial charge >= 0.3 is 0 Å². The molecule has 0 radical (unpaired) electrons. The van der Waals surface area contributed by atoms with Crippen LogP contribution in [0.25, 0.3) is 0 Å². The lowest BCUT2D eigenvalue weighted by molar-refractivity contribution is 0.503. The van der Waals surface area contributed by atoms with E-state index in [0.29, 0.717) is 18.2 Å². The summed E-state index contributed by atoms with van der Waals surface area (Å²) >= 11 is 11.4. The van der Waals surface area contributed by atoms with Crippen molar-refractivity contribution in [3.8, 4) is 0 Å². The maximum atomic E-state index is 6.06. The van der Waals surface area contributed by atoms with Gasteiger partial charge in [0.2, 0.25) is 0 Å². The lowest BCUT2D eigenvalue weighted by Gasteiger charge is -2.10. The third-order valence-electron chi connectivity index (χ3n) is 3.84. The van der Waals surface area contributed by atoms with Gasteiger partial charge in [-0.3, -0.25) is 4.68 Å². The van der Waals surface area contributed by atoms with Gasteiger partial charge in [0.05, 0.1) is 36.4 Å². The van der Waals surface area contributed by atoms with Gasteiger partial charge in [-0.15, -0.1) is 0 Å². The average Bonchev–Trinajstić information content (AvgIpc) is 3.17. The number of aromatic nitrogens is 2. The van der Waals surface area contributed by atoms with Gasteiger partial charge in [0.15, 0.2) is 5.11 Å². The molecule has 0 unspecified atom stereocenters. The lowest BCUT2D eigenvalue weighted by atomic mass is 10.2. The smallest absolute Gasteiger partial charge is 0.171 e. The van der Waals surface area contributed by atoms with Crippen LogP contribution in [0.2, 0.25) is 5.02 Å². The predicted molar refractivity (Wildman–Crippen MR) is 104 cm³/mol. The van der Waals surface area contributed by atoms with Crippen molar-refractivity contribution < 1.29 is 4.42 Å². The van der Waals surface area contributed by atoms with E-state index in [9.17, 15) is 0 Å². The van der Waals surface area contributed by atoms with Crippen LogP contribution in [0.4, 0.5) is 5.69 Å². The van der Waals surface area contributed by atoms with E-state index in [4.69, 9.17) is 28.2 Å². The van der Waals surface area contributed by atoms with Crippen molar-refractivity contribution in [3.05, 3.63) is 70.4 Å². The van der Waals surface area contributed by atoms with Gasteiger partial charge in [0.1, 0.15) is 5.76 Å². The van der Waals surface area contributed by atoms with Crippen LogP contribution in [-0.2, 0) is 13.1 Å². The first-order valence-corrected chi connectivity index (χ1v) is 8.67. The molecule has 3 aromatic rings. The van der Waals surface area contributed by atoms with Gasteiger partial charge in [-0.2, -0.15) is 5.10 Å². The number of halogens is 1. The highest BCUT2D eigenvalue weighted by molar-refractivity contribution is 7.80. The minimum atomic E-state index is 0.532. The number of anilines is 1. The molecule has 1 aromatic carbocycles. The normalized spacial score (nSPS) is 10.7. The molecular weight excluding hydrogens is 356 g/mol. The highest BCUT2D eigenvalue weighted by Crippen LogP contribution is 2.21. The maximum Gasteiger partial charge on any atom is 0.171 e. The van der Waals surface area contributed by atoms with Gasteiger partial charge in [-0.1, -0.05) is 23.7 Å². The molecule has 2 aromatic heterocycles. The highest BCUT2D eigenvalue weighted by atomic mass is 35.5. The van der Waals surface area contributed by atoms with E-state index in [2.05, 4.69) is 15.7 Å². The van der Waals surface area contributed by atoms with Crippen LogP contribution in [-0.4, -0.2) is 14.9 Å². The van der Waals surface area contributed by atoms with Gasteiger partial charge < -0.3 is 15.1 Å². The third-order valence-corrected chi connectivity index (χ3v) is 4.33. The molecule has 0 atom stereocenters. The molecule has 0 spiro atoms. The predicted octanol–water partition coefficient (Wildman–Crippen LogP) is 4.28. The van der Waals surface area contributed by atoms with Crippen LogP contribution in [0.15, 0.2) is 47.1 Å². The molecule has 0 saturated heterocycles. The van der Waals surface area contributed by atoms with E-state index in [1.807, 2.05) is 54.9 Å². The second-order valence-electron chi connectivity index (χ2n) is 5.72. The van der Waals surface area contributed by atoms with Crippen molar-refractivity contribution in [1.82, 2.24) is 15.1 Å². The Morgan fingerprint density at radius 2 is 2.12 bits per heavy atom. The Bertz CT molecular complexity index is 873. The Balaban J connectivity index is 1.67. The number of hydrogen-bond acceptors (Lipinski definition) is 3. The summed E-state index contributed by atoms with van der Waals surface area (Å²) < 4.78 is 7.23. The molecule has 2 N–H and O–H groups in total. The average molecular weight is 375 g/mol. The molecule has 0 fully saturated rings. The topological polar surface area (TPSA) is 55.0 Å². The van der Waals surface area contributed by atoms with Gasteiger partial charge in [0.25, 0.3) is 0 Å². The van der Waals surface area contributed by atoms with Crippen LogP contribution >= 0.6 is 23.8 Å². The van der Waals surface area contributed by atoms with Crippen molar-refractivity contribution in [2.75, 3.05) is 5.32 Å². The minimum absolute atomic E-state index is 0.532. The Hall–Kier alpha value is -2.31. The van der Waals surface area contributed by atoms with E-state index in [1.54, 1.807) is 6.26 Å². The first kappa shape index (κ1) is 17.5. The molecule has 7 heteroatoms. The van der Waals surface area contributed by atoms with Gasteiger partial charge in [-0.05, 0) is 55.9 Å². The molecule has 130 valence electrons. The number of nitrogens with one attached hydrogen (secondary N) is 2. The first-order chi connectivity index (χ1) is 12.0. The molecule has 0 bridgehead atoms. The zero-order valence-corrected chi connectivity index (χ0v) is 15.6. The quantitative estimate of drug-likeness (QED) is 0.653. The molecule has 3 rings (SSSR count). The van der Waals surface area contributed by atoms with Crippen molar-refractivity contribution in [1.29, 1.82) is 0 Å². The summed E-state index contributed by atoms with van der Waals surface area (Å²) in [7, 11) is 0. The van der Waals surface area contributed by atoms with Gasteiger partial charge in [-0.25, -0.2) is 0 Å². The summed E-state index contributed by atoms with van der Waals surface area (Å²) in [5.41, 5.74) is 3.92. The van der Waals surface area contributed by atoms with Crippen LogP contribution in [0.1, 0.15) is 22.7 Å². The summed E-state index contributed by atoms with van der Waals surface area (Å²) in [4.78, 5) is 0. The van der Waals surface area contributed by atoms with E-state index < -0.39 is 0 Å². The number of benzene rings is 1. The molecule has 0 aliphatic rings. The zero-order valence-electron chi connectivity index (χ0n) is 14.0. The van der Waals surface area contributed by atoms with Gasteiger partial charge in [0, 0.05) is 5.02 Å². The highest BCUT2D eigenvalue weighted by Gasteiger charge is 2.13. The molecule has 0 amide bonds. The molecule has 0 aliphatic heterocycles. The summed E-state index contributed by atoms with van der Waals surface area (Å²) in [6.07, 6.45) is 1.64. The Morgan fingerprint density at radius 3 is 2.84 bits per heavy atom. The van der Waals surface area contributed by atoms with E-state index >= 15 is 0 Å². The zero-order chi connectivity index (χ0) is 17.8. The Morgan fingerprint density at radius 1 is 1.28 bits per heavy atom. The van der Waals surface area contributed by atoms with Crippen LogP contribution in [0.3, 0.4) is 0 Å². The fourth-order valence-electron chi connectivity index (χ4n) is 2.58. The monoisotopic (exact) mass is 374 g/mol. The number of hydrogen-bond donors (Lipinski definition) is 2. The SMILES string of the molecule is Cc1nn(Cc2cccc(Cl)c2)c(C)c1NC(=S)NCc1ccco1. The minimum Gasteiger partial charge on any atom is -0.467 e. The van der Waals surface area contributed by atoms with Crippen LogP contribution < -0.4 is 10.6 Å². The van der Waals surface area contributed by atoms with Crippen LogP contribution in [0, 0.1) is 13.8 Å². The number of furan rings is 1. The van der Waals surface area contributed by atoms with Crippen LogP contribution in [0.5, 0.6) is 0 Å². The van der Waals surface area contributed by atoms with Crippen molar-refractivity contribution in [3.63, 3.8) is 0 Å². The summed E-state index contributed by atoms with van der Waals surface area (Å²) in [6.45, 7) is 5.16. The number of aryl methyl sites for hydroxylation is 1. The maximum absolute atomic E-state index is 6.06. The lowest BCUT2D eigenvalue weighted by Crippen LogP contribution is -2.28. The van der Waals surface area contributed by atoms with E-state index in [-0.39, 0.29) is 0 Å². The standard InChI is InChI=1S/C18H19ClN4OS/c1-12-17(21-18(25)20-10-16-7-4-8-24-16)13(2)23(22-12)11-14-5-3-6-15(19)9-14/h3-9H,10-11H2,1-2H3,(H2,20,21,25).